The third-order valence-corrected chi connectivity index (χ3v) is 2.65. The Balaban J connectivity index is 2.32. The number of methoxy groups -OCH3 is 1. The van der Waals surface area contributed by atoms with Gasteiger partial charge in [-0.3, -0.25) is 0 Å². The average Bonchev–Trinajstić information content (AvgIpc) is 2.19. The molecule has 1 unspecified atom stereocenters. The van der Waals surface area contributed by atoms with Gasteiger partial charge in [0.1, 0.15) is 0 Å². The van der Waals surface area contributed by atoms with Crippen LogP contribution in [0.15, 0.2) is 0 Å². The predicted molar refractivity (Wildman–Crippen MR) is 52.9 cm³/mol. The summed E-state index contributed by atoms with van der Waals surface area (Å²) in [6.07, 6.45) is 2.34. The summed E-state index contributed by atoms with van der Waals surface area (Å²) in [6.45, 7) is 5.80. The fourth-order valence-electron chi connectivity index (χ4n) is 1.92. The Kier molecular flexibility index (Phi) is 5.35. The fourth-order valence-corrected chi connectivity index (χ4v) is 1.92. The maximum atomic E-state index is 5.34. The van der Waals surface area contributed by atoms with E-state index >= 15 is 0 Å². The second kappa shape index (κ2) is 6.35. The monoisotopic (exact) mass is 187 g/mol. The number of nitrogens with one attached hydrogen (secondary N) is 1. The van der Waals surface area contributed by atoms with Gasteiger partial charge in [-0.25, -0.2) is 0 Å². The fraction of sp³-hybridized carbons (Fsp3) is 1.00. The first-order chi connectivity index (χ1) is 6.38. The molecule has 3 heteroatoms. The first-order valence-electron chi connectivity index (χ1n) is 5.18. The Hall–Kier alpha value is -0.120. The molecule has 0 aromatic carbocycles. The van der Waals surface area contributed by atoms with Crippen molar-refractivity contribution in [2.45, 2.75) is 25.8 Å². The van der Waals surface area contributed by atoms with Crippen LogP contribution in [0.3, 0.4) is 0 Å². The Morgan fingerprint density at radius 2 is 2.15 bits per heavy atom. The average molecular weight is 187 g/mol. The van der Waals surface area contributed by atoms with Crippen molar-refractivity contribution in [2.75, 3.05) is 33.5 Å². The first-order valence-corrected chi connectivity index (χ1v) is 5.18. The normalized spacial score (nSPS) is 21.7. The van der Waals surface area contributed by atoms with Crippen LogP contribution in [0.5, 0.6) is 0 Å². The molecule has 0 radical (unpaired) electrons. The van der Waals surface area contributed by atoms with E-state index in [-0.39, 0.29) is 0 Å². The van der Waals surface area contributed by atoms with Gasteiger partial charge in [0.25, 0.3) is 0 Å². The van der Waals surface area contributed by atoms with Crippen LogP contribution in [0.4, 0.5) is 0 Å². The highest BCUT2D eigenvalue weighted by atomic mass is 16.5. The van der Waals surface area contributed by atoms with Gasteiger partial charge in [-0.15, -0.1) is 0 Å². The van der Waals surface area contributed by atoms with E-state index in [4.69, 9.17) is 9.47 Å². The number of rotatable bonds is 5. The minimum absolute atomic E-state index is 0.513. The number of likely N-dealkylation sites (N-methyl/N-ethyl adjacent to an activating group) is 1. The summed E-state index contributed by atoms with van der Waals surface area (Å²) in [5.74, 6) is 0.730. The molecule has 0 bridgehead atoms. The molecule has 0 aromatic heterocycles. The van der Waals surface area contributed by atoms with Crippen LogP contribution in [-0.4, -0.2) is 39.5 Å². The van der Waals surface area contributed by atoms with Gasteiger partial charge in [0, 0.05) is 26.4 Å². The highest BCUT2D eigenvalue weighted by Gasteiger charge is 2.22. The maximum absolute atomic E-state index is 5.34. The van der Waals surface area contributed by atoms with E-state index in [1.54, 1.807) is 7.11 Å². The van der Waals surface area contributed by atoms with Crippen LogP contribution < -0.4 is 5.32 Å². The molecule has 0 saturated carbocycles. The lowest BCUT2D eigenvalue weighted by Gasteiger charge is -2.30. The molecule has 3 nitrogen and oxygen atoms in total. The van der Waals surface area contributed by atoms with Crippen LogP contribution in [0, 0.1) is 5.92 Å². The summed E-state index contributed by atoms with van der Waals surface area (Å²) in [4.78, 5) is 0. The molecule has 0 aromatic rings. The van der Waals surface area contributed by atoms with Gasteiger partial charge in [0.05, 0.1) is 6.61 Å². The van der Waals surface area contributed by atoms with Crippen LogP contribution in [0.2, 0.25) is 0 Å². The second-order valence-corrected chi connectivity index (χ2v) is 3.57. The van der Waals surface area contributed by atoms with Crippen molar-refractivity contribution in [1.29, 1.82) is 0 Å². The van der Waals surface area contributed by atoms with Crippen molar-refractivity contribution in [3.63, 3.8) is 0 Å². The van der Waals surface area contributed by atoms with Gasteiger partial charge in [0.2, 0.25) is 0 Å². The van der Waals surface area contributed by atoms with E-state index < -0.39 is 0 Å². The molecular weight excluding hydrogens is 166 g/mol. The van der Waals surface area contributed by atoms with E-state index in [1.165, 1.54) is 12.8 Å². The lowest BCUT2D eigenvalue weighted by atomic mass is 9.92. The quantitative estimate of drug-likeness (QED) is 0.697. The zero-order valence-electron chi connectivity index (χ0n) is 8.71. The Labute approximate surface area is 80.8 Å². The zero-order chi connectivity index (χ0) is 9.52. The Morgan fingerprint density at radius 1 is 1.46 bits per heavy atom. The molecule has 1 heterocycles. The molecule has 0 spiro atoms. The number of ether oxygens (including phenoxy) is 2. The summed E-state index contributed by atoms with van der Waals surface area (Å²) in [6, 6.07) is 0.513. The Morgan fingerprint density at radius 3 is 2.69 bits per heavy atom. The largest absolute Gasteiger partial charge is 0.383 e. The molecule has 13 heavy (non-hydrogen) atoms. The predicted octanol–water partition coefficient (Wildman–Crippen LogP) is 1.04. The molecule has 1 fully saturated rings. The minimum atomic E-state index is 0.513. The van der Waals surface area contributed by atoms with E-state index in [9.17, 15) is 0 Å². The lowest BCUT2D eigenvalue weighted by molar-refractivity contribution is 0.0380. The summed E-state index contributed by atoms with van der Waals surface area (Å²) in [7, 11) is 1.77. The Bertz CT molecular complexity index is 118. The van der Waals surface area contributed by atoms with E-state index in [0.29, 0.717) is 6.04 Å². The molecule has 78 valence electrons. The van der Waals surface area contributed by atoms with Crippen molar-refractivity contribution in [3.8, 4) is 0 Å². The maximum Gasteiger partial charge on any atom is 0.0618 e. The molecule has 0 aliphatic carbocycles. The van der Waals surface area contributed by atoms with Crippen molar-refractivity contribution in [1.82, 2.24) is 5.32 Å². The summed E-state index contributed by atoms with van der Waals surface area (Å²) in [5.41, 5.74) is 0. The topological polar surface area (TPSA) is 30.5 Å². The number of hydrogen-bond acceptors (Lipinski definition) is 3. The van der Waals surface area contributed by atoms with Gasteiger partial charge in [0.15, 0.2) is 0 Å². The second-order valence-electron chi connectivity index (χ2n) is 3.57. The van der Waals surface area contributed by atoms with Crippen LogP contribution in [0.25, 0.3) is 0 Å². The third-order valence-electron chi connectivity index (χ3n) is 2.65. The number of hydrogen-bond donors (Lipinski definition) is 1. The van der Waals surface area contributed by atoms with Crippen molar-refractivity contribution < 1.29 is 9.47 Å². The molecule has 1 N–H and O–H groups in total. The summed E-state index contributed by atoms with van der Waals surface area (Å²) < 4.78 is 10.5. The molecule has 0 amide bonds. The third kappa shape index (κ3) is 3.63. The highest BCUT2D eigenvalue weighted by Crippen LogP contribution is 2.18. The van der Waals surface area contributed by atoms with Crippen molar-refractivity contribution >= 4 is 0 Å². The zero-order valence-corrected chi connectivity index (χ0v) is 8.71. The van der Waals surface area contributed by atoms with Crippen LogP contribution in [-0.2, 0) is 9.47 Å². The molecule has 1 aliphatic heterocycles. The van der Waals surface area contributed by atoms with Crippen LogP contribution in [0.1, 0.15) is 19.8 Å². The highest BCUT2D eigenvalue weighted by molar-refractivity contribution is 4.77. The minimum Gasteiger partial charge on any atom is -0.383 e. The smallest absolute Gasteiger partial charge is 0.0618 e. The van der Waals surface area contributed by atoms with Gasteiger partial charge in [-0.05, 0) is 25.3 Å². The first kappa shape index (κ1) is 11.0. The van der Waals surface area contributed by atoms with E-state index in [0.717, 1.165) is 32.3 Å². The van der Waals surface area contributed by atoms with Gasteiger partial charge in [-0.1, -0.05) is 6.92 Å². The summed E-state index contributed by atoms with van der Waals surface area (Å²) >= 11 is 0. The van der Waals surface area contributed by atoms with E-state index in [1.807, 2.05) is 0 Å². The van der Waals surface area contributed by atoms with Crippen LogP contribution >= 0.6 is 0 Å². The summed E-state index contributed by atoms with van der Waals surface area (Å²) in [5, 5.41) is 3.47. The molecule has 1 saturated heterocycles. The van der Waals surface area contributed by atoms with Crippen molar-refractivity contribution in [3.05, 3.63) is 0 Å². The molecule has 1 rings (SSSR count). The van der Waals surface area contributed by atoms with E-state index in [2.05, 4.69) is 12.2 Å². The molecular formula is C10H21NO2. The van der Waals surface area contributed by atoms with Gasteiger partial charge >= 0.3 is 0 Å². The molecule has 1 aliphatic rings. The SMILES string of the molecule is CCNC(COC)C1CCOCC1. The van der Waals surface area contributed by atoms with Gasteiger partial charge in [-0.2, -0.15) is 0 Å². The lowest BCUT2D eigenvalue weighted by Crippen LogP contribution is -2.42. The molecule has 1 atom stereocenters. The standard InChI is InChI=1S/C10H21NO2/c1-3-11-10(8-12-2)9-4-6-13-7-5-9/h9-11H,3-8H2,1-2H3. The van der Waals surface area contributed by atoms with Gasteiger partial charge < -0.3 is 14.8 Å². The van der Waals surface area contributed by atoms with Crippen molar-refractivity contribution in [2.24, 2.45) is 5.92 Å².